The monoisotopic (exact) mass is 370 g/mol. The quantitative estimate of drug-likeness (QED) is 0.844. The predicted molar refractivity (Wildman–Crippen MR) is 94.9 cm³/mol. The molecule has 6 nitrogen and oxygen atoms in total. The van der Waals surface area contributed by atoms with Gasteiger partial charge in [-0.15, -0.1) is 0 Å². The second-order valence-corrected chi connectivity index (χ2v) is 6.78. The van der Waals surface area contributed by atoms with Crippen LogP contribution in [0.1, 0.15) is 24.5 Å². The topological polar surface area (TPSA) is 67.9 Å². The number of fused-ring (bicyclic) bond motifs is 1. The zero-order valence-corrected chi connectivity index (χ0v) is 14.8. The van der Waals surface area contributed by atoms with Crippen molar-refractivity contribution >= 4 is 11.9 Å². The van der Waals surface area contributed by atoms with Crippen LogP contribution in [-0.2, 0) is 16.9 Å². The van der Waals surface area contributed by atoms with Gasteiger partial charge in [0.05, 0.1) is 19.8 Å². The average Bonchev–Trinajstić information content (AvgIpc) is 2.84. The Labute approximate surface area is 155 Å². The summed E-state index contributed by atoms with van der Waals surface area (Å²) in [4.78, 5) is 26.6. The van der Waals surface area contributed by atoms with Crippen LogP contribution in [0.2, 0.25) is 0 Å². The third-order valence-electron chi connectivity index (χ3n) is 4.85. The van der Waals surface area contributed by atoms with Gasteiger partial charge in [-0.2, -0.15) is 0 Å². The summed E-state index contributed by atoms with van der Waals surface area (Å²) in [7, 11) is 0. The number of ether oxygens (including phenoxy) is 2. The van der Waals surface area contributed by atoms with Gasteiger partial charge in [0.15, 0.2) is 11.5 Å². The van der Waals surface area contributed by atoms with Gasteiger partial charge >= 0.3 is 6.03 Å². The molecule has 2 heterocycles. The number of benzene rings is 2. The lowest BCUT2D eigenvalue weighted by molar-refractivity contribution is -0.131. The first-order chi connectivity index (χ1) is 13.0. The van der Waals surface area contributed by atoms with E-state index < -0.39 is 11.6 Å². The van der Waals surface area contributed by atoms with E-state index in [0.29, 0.717) is 35.8 Å². The minimum atomic E-state index is -1.21. The summed E-state index contributed by atoms with van der Waals surface area (Å²) in [6, 6.07) is 10.5. The lowest BCUT2D eigenvalue weighted by Crippen LogP contribution is -2.40. The fraction of sp³-hybridized carbons (Fsp3) is 0.300. The molecule has 0 aliphatic carbocycles. The molecule has 0 aromatic heterocycles. The molecular formula is C20H19FN2O4. The minimum Gasteiger partial charge on any atom is -0.490 e. The highest BCUT2D eigenvalue weighted by Gasteiger charge is 2.49. The number of imide groups is 1. The first-order valence-corrected chi connectivity index (χ1v) is 8.76. The summed E-state index contributed by atoms with van der Waals surface area (Å²) in [5, 5.41) is 2.77. The SMILES string of the molecule is C[C@@]1(c2ccc3c(c2)OCCCO3)NC(=O)N(Cc2ccc(F)cc2)C1=O. The van der Waals surface area contributed by atoms with E-state index in [1.165, 1.54) is 12.1 Å². The molecule has 1 N–H and O–H groups in total. The second-order valence-electron chi connectivity index (χ2n) is 6.78. The highest BCUT2D eigenvalue weighted by atomic mass is 19.1. The average molecular weight is 370 g/mol. The van der Waals surface area contributed by atoms with Crippen LogP contribution in [0.25, 0.3) is 0 Å². The molecule has 0 radical (unpaired) electrons. The van der Waals surface area contributed by atoms with E-state index in [9.17, 15) is 14.0 Å². The summed E-state index contributed by atoms with van der Waals surface area (Å²) in [5.74, 6) is 0.448. The van der Waals surface area contributed by atoms with E-state index in [-0.39, 0.29) is 18.3 Å². The molecule has 0 unspecified atom stereocenters. The van der Waals surface area contributed by atoms with E-state index in [1.807, 2.05) is 0 Å². The van der Waals surface area contributed by atoms with Gasteiger partial charge in [-0.3, -0.25) is 9.69 Å². The Bertz CT molecular complexity index is 899. The van der Waals surface area contributed by atoms with Crippen molar-refractivity contribution in [3.63, 3.8) is 0 Å². The molecule has 7 heteroatoms. The molecule has 1 atom stereocenters. The number of hydrogen-bond acceptors (Lipinski definition) is 4. The van der Waals surface area contributed by atoms with Crippen molar-refractivity contribution in [1.29, 1.82) is 0 Å². The molecule has 2 aromatic rings. The van der Waals surface area contributed by atoms with Crippen molar-refractivity contribution in [2.24, 2.45) is 0 Å². The Morgan fingerprint density at radius 1 is 1.07 bits per heavy atom. The maximum atomic E-state index is 13.1. The minimum absolute atomic E-state index is 0.0745. The number of nitrogens with one attached hydrogen (secondary N) is 1. The van der Waals surface area contributed by atoms with Crippen molar-refractivity contribution in [2.45, 2.75) is 25.4 Å². The first-order valence-electron chi connectivity index (χ1n) is 8.76. The fourth-order valence-corrected chi connectivity index (χ4v) is 3.28. The van der Waals surface area contributed by atoms with Crippen molar-refractivity contribution < 1.29 is 23.5 Å². The molecule has 0 spiro atoms. The number of urea groups is 1. The number of carbonyl (C=O) groups excluding carboxylic acids is 2. The fourth-order valence-electron chi connectivity index (χ4n) is 3.28. The van der Waals surface area contributed by atoms with Crippen molar-refractivity contribution in [3.8, 4) is 11.5 Å². The van der Waals surface area contributed by atoms with E-state index in [4.69, 9.17) is 9.47 Å². The van der Waals surface area contributed by atoms with Crippen LogP contribution in [-0.4, -0.2) is 30.1 Å². The van der Waals surface area contributed by atoms with Gasteiger partial charge in [-0.05, 0) is 42.3 Å². The van der Waals surface area contributed by atoms with Gasteiger partial charge in [0.2, 0.25) is 0 Å². The Morgan fingerprint density at radius 2 is 1.78 bits per heavy atom. The Kier molecular flexibility index (Phi) is 4.22. The van der Waals surface area contributed by atoms with Gasteiger partial charge in [-0.25, -0.2) is 9.18 Å². The molecule has 0 bridgehead atoms. The Hall–Kier alpha value is -3.09. The van der Waals surface area contributed by atoms with Gasteiger partial charge < -0.3 is 14.8 Å². The van der Waals surface area contributed by atoms with E-state index in [1.54, 1.807) is 37.3 Å². The van der Waals surface area contributed by atoms with Crippen LogP contribution in [0.3, 0.4) is 0 Å². The molecule has 1 fully saturated rings. The van der Waals surface area contributed by atoms with E-state index >= 15 is 0 Å². The van der Waals surface area contributed by atoms with Crippen molar-refractivity contribution in [2.75, 3.05) is 13.2 Å². The molecule has 27 heavy (non-hydrogen) atoms. The lowest BCUT2D eigenvalue weighted by atomic mass is 9.91. The Balaban J connectivity index is 1.61. The van der Waals surface area contributed by atoms with Crippen LogP contribution in [0.15, 0.2) is 42.5 Å². The van der Waals surface area contributed by atoms with Gasteiger partial charge in [0, 0.05) is 6.42 Å². The highest BCUT2D eigenvalue weighted by molar-refractivity contribution is 6.07. The molecule has 2 aliphatic rings. The molecule has 3 amide bonds. The summed E-state index contributed by atoms with van der Waals surface area (Å²) in [6.45, 7) is 2.84. The van der Waals surface area contributed by atoms with Crippen molar-refractivity contribution in [1.82, 2.24) is 10.2 Å². The summed E-state index contributed by atoms with van der Waals surface area (Å²) < 4.78 is 24.4. The third-order valence-corrected chi connectivity index (χ3v) is 4.85. The maximum Gasteiger partial charge on any atom is 0.325 e. The number of nitrogens with zero attached hydrogens (tertiary/aromatic N) is 1. The second kappa shape index (κ2) is 6.57. The van der Waals surface area contributed by atoms with E-state index in [2.05, 4.69) is 5.32 Å². The summed E-state index contributed by atoms with van der Waals surface area (Å²) in [5.41, 5.74) is 0.0801. The summed E-state index contributed by atoms with van der Waals surface area (Å²) >= 11 is 0. The third kappa shape index (κ3) is 3.09. The highest BCUT2D eigenvalue weighted by Crippen LogP contribution is 2.37. The molecule has 140 valence electrons. The zero-order valence-electron chi connectivity index (χ0n) is 14.8. The zero-order chi connectivity index (χ0) is 19.0. The number of rotatable bonds is 3. The van der Waals surface area contributed by atoms with Gasteiger partial charge in [-0.1, -0.05) is 18.2 Å². The van der Waals surface area contributed by atoms with Gasteiger partial charge in [0.25, 0.3) is 5.91 Å². The smallest absolute Gasteiger partial charge is 0.325 e. The summed E-state index contributed by atoms with van der Waals surface area (Å²) in [6.07, 6.45) is 0.780. The molecule has 0 saturated carbocycles. The molecule has 4 rings (SSSR count). The number of hydrogen-bond donors (Lipinski definition) is 1. The molecule has 2 aromatic carbocycles. The predicted octanol–water partition coefficient (Wildman–Crippen LogP) is 2.95. The number of halogens is 1. The largest absolute Gasteiger partial charge is 0.490 e. The van der Waals surface area contributed by atoms with Crippen LogP contribution < -0.4 is 14.8 Å². The van der Waals surface area contributed by atoms with Crippen LogP contribution >= 0.6 is 0 Å². The number of carbonyl (C=O) groups is 2. The van der Waals surface area contributed by atoms with Crippen LogP contribution in [0, 0.1) is 5.82 Å². The maximum absolute atomic E-state index is 13.1. The molecule has 1 saturated heterocycles. The number of amides is 3. The van der Waals surface area contributed by atoms with Crippen LogP contribution in [0.4, 0.5) is 9.18 Å². The van der Waals surface area contributed by atoms with E-state index in [0.717, 1.165) is 11.3 Å². The van der Waals surface area contributed by atoms with Crippen molar-refractivity contribution in [3.05, 3.63) is 59.4 Å². The first kappa shape index (κ1) is 17.3. The normalized spacial score (nSPS) is 21.8. The van der Waals surface area contributed by atoms with Gasteiger partial charge in [0.1, 0.15) is 11.4 Å². The molecular weight excluding hydrogens is 351 g/mol. The Morgan fingerprint density at radius 3 is 2.52 bits per heavy atom. The van der Waals surface area contributed by atoms with Crippen LogP contribution in [0.5, 0.6) is 11.5 Å². The standard InChI is InChI=1S/C20H19FN2O4/c1-20(14-5-8-16-17(11-14)27-10-2-9-26-16)18(24)23(19(25)22-20)12-13-3-6-15(21)7-4-13/h3-8,11H,2,9-10,12H2,1H3,(H,22,25)/t20-/m0/s1. The molecule has 2 aliphatic heterocycles. The lowest BCUT2D eigenvalue weighted by Gasteiger charge is -2.23.